The van der Waals surface area contributed by atoms with Crippen molar-refractivity contribution in [1.29, 1.82) is 0 Å². The first-order chi connectivity index (χ1) is 8.16. The van der Waals surface area contributed by atoms with Gasteiger partial charge in [-0.1, -0.05) is 11.6 Å². The van der Waals surface area contributed by atoms with E-state index in [0.29, 0.717) is 6.54 Å². The van der Waals surface area contributed by atoms with E-state index in [0.717, 1.165) is 35.1 Å². The van der Waals surface area contributed by atoms with Crippen LogP contribution in [-0.4, -0.2) is 30.9 Å². The van der Waals surface area contributed by atoms with E-state index in [1.54, 1.807) is 4.90 Å². The van der Waals surface area contributed by atoms with Crippen LogP contribution in [-0.2, 0) is 11.3 Å². The van der Waals surface area contributed by atoms with E-state index in [1.165, 1.54) is 11.3 Å². The minimum Gasteiger partial charge on any atom is -0.340 e. The maximum Gasteiger partial charge on any atom is 0.227 e. The Kier molecular flexibility index (Phi) is 6.43. The molecule has 102 valence electrons. The van der Waals surface area contributed by atoms with Crippen molar-refractivity contribution in [2.75, 3.05) is 20.1 Å². The predicted molar refractivity (Wildman–Crippen MR) is 78.6 cm³/mol. The van der Waals surface area contributed by atoms with Gasteiger partial charge >= 0.3 is 0 Å². The molecule has 0 radical (unpaired) electrons. The van der Waals surface area contributed by atoms with E-state index in [-0.39, 0.29) is 24.2 Å². The number of hydrogen-bond donors (Lipinski definition) is 1. The molecule has 1 aromatic heterocycles. The zero-order valence-electron chi connectivity index (χ0n) is 10.3. The van der Waals surface area contributed by atoms with E-state index in [4.69, 9.17) is 11.6 Å². The lowest BCUT2D eigenvalue weighted by Crippen LogP contribution is -2.41. The smallest absolute Gasteiger partial charge is 0.227 e. The van der Waals surface area contributed by atoms with Crippen LogP contribution in [0.2, 0.25) is 4.34 Å². The third-order valence-electron chi connectivity index (χ3n) is 3.04. The minimum atomic E-state index is 0. The van der Waals surface area contributed by atoms with Crippen LogP contribution in [0.4, 0.5) is 0 Å². The molecule has 1 aliphatic heterocycles. The molecule has 1 saturated heterocycles. The number of halogens is 2. The highest BCUT2D eigenvalue weighted by molar-refractivity contribution is 7.16. The standard InChI is InChI=1S/C12H17ClN2OS.ClH/c1-15(8-10-4-5-11(13)17-10)12(16)9-3-2-6-14-7-9;/h4-5,9,14H,2-3,6-8H2,1H3;1H/t9-;/m1./s1. The molecule has 1 aliphatic rings. The maximum absolute atomic E-state index is 12.2. The Morgan fingerprint density at radius 2 is 2.39 bits per heavy atom. The molecule has 1 amide bonds. The van der Waals surface area contributed by atoms with Crippen molar-refractivity contribution >= 4 is 41.3 Å². The Morgan fingerprint density at radius 3 is 2.94 bits per heavy atom. The summed E-state index contributed by atoms with van der Waals surface area (Å²) in [5, 5.41) is 3.27. The van der Waals surface area contributed by atoms with Crippen molar-refractivity contribution in [1.82, 2.24) is 10.2 Å². The molecule has 2 rings (SSSR count). The normalized spacial score (nSPS) is 19.1. The third-order valence-corrected chi connectivity index (χ3v) is 4.26. The number of amides is 1. The summed E-state index contributed by atoms with van der Waals surface area (Å²) >= 11 is 7.41. The van der Waals surface area contributed by atoms with Gasteiger partial charge in [-0.2, -0.15) is 0 Å². The Hall–Kier alpha value is -0.290. The van der Waals surface area contributed by atoms with Crippen molar-refractivity contribution in [2.24, 2.45) is 5.92 Å². The number of piperidine rings is 1. The summed E-state index contributed by atoms with van der Waals surface area (Å²) < 4.78 is 0.778. The van der Waals surface area contributed by atoms with E-state index in [2.05, 4.69) is 5.32 Å². The fourth-order valence-electron chi connectivity index (χ4n) is 2.12. The Labute approximate surface area is 123 Å². The molecule has 1 atom stereocenters. The molecule has 2 heterocycles. The Bertz CT molecular complexity index is 391. The van der Waals surface area contributed by atoms with Gasteiger partial charge in [-0.15, -0.1) is 23.7 Å². The second-order valence-corrected chi connectivity index (χ2v) is 6.24. The molecule has 3 nitrogen and oxygen atoms in total. The number of thiophene rings is 1. The van der Waals surface area contributed by atoms with Crippen molar-refractivity contribution in [3.63, 3.8) is 0 Å². The average molecular weight is 309 g/mol. The fourth-order valence-corrected chi connectivity index (χ4v) is 3.26. The molecular formula is C12H18Cl2N2OS. The average Bonchev–Trinajstić information content (AvgIpc) is 2.75. The Morgan fingerprint density at radius 1 is 1.61 bits per heavy atom. The van der Waals surface area contributed by atoms with Crippen molar-refractivity contribution < 1.29 is 4.79 Å². The number of rotatable bonds is 3. The zero-order valence-corrected chi connectivity index (χ0v) is 12.7. The van der Waals surface area contributed by atoms with Gasteiger partial charge in [0.1, 0.15) is 0 Å². The molecule has 1 fully saturated rings. The summed E-state index contributed by atoms with van der Waals surface area (Å²) in [6.45, 7) is 2.51. The third kappa shape index (κ3) is 4.12. The van der Waals surface area contributed by atoms with E-state index in [9.17, 15) is 4.79 Å². The molecular weight excluding hydrogens is 291 g/mol. The molecule has 0 aliphatic carbocycles. The summed E-state index contributed by atoms with van der Waals surface area (Å²) in [4.78, 5) is 15.1. The molecule has 1 aromatic rings. The van der Waals surface area contributed by atoms with Gasteiger partial charge in [-0.05, 0) is 31.5 Å². The molecule has 6 heteroatoms. The van der Waals surface area contributed by atoms with Crippen molar-refractivity contribution in [2.45, 2.75) is 19.4 Å². The summed E-state index contributed by atoms with van der Waals surface area (Å²) in [6, 6.07) is 3.86. The first-order valence-corrected chi connectivity index (χ1v) is 7.06. The zero-order chi connectivity index (χ0) is 12.3. The molecule has 0 unspecified atom stereocenters. The van der Waals surface area contributed by atoms with Gasteiger partial charge in [-0.25, -0.2) is 0 Å². The second-order valence-electron chi connectivity index (χ2n) is 4.44. The summed E-state index contributed by atoms with van der Waals surface area (Å²) in [5.41, 5.74) is 0. The van der Waals surface area contributed by atoms with Crippen LogP contribution in [0.1, 0.15) is 17.7 Å². The highest BCUT2D eigenvalue weighted by Gasteiger charge is 2.23. The van der Waals surface area contributed by atoms with E-state index < -0.39 is 0 Å². The minimum absolute atomic E-state index is 0. The van der Waals surface area contributed by atoms with Crippen LogP contribution >= 0.6 is 35.3 Å². The number of hydrogen-bond acceptors (Lipinski definition) is 3. The quantitative estimate of drug-likeness (QED) is 0.931. The number of nitrogens with zero attached hydrogens (tertiary/aromatic N) is 1. The molecule has 0 bridgehead atoms. The van der Waals surface area contributed by atoms with E-state index in [1.807, 2.05) is 19.2 Å². The number of nitrogens with one attached hydrogen (secondary N) is 1. The van der Waals surface area contributed by atoms with Gasteiger partial charge in [-0.3, -0.25) is 4.79 Å². The van der Waals surface area contributed by atoms with Gasteiger partial charge in [0, 0.05) is 18.5 Å². The van der Waals surface area contributed by atoms with Crippen LogP contribution in [0.5, 0.6) is 0 Å². The molecule has 0 aromatic carbocycles. The largest absolute Gasteiger partial charge is 0.340 e. The molecule has 0 saturated carbocycles. The van der Waals surface area contributed by atoms with Crippen molar-refractivity contribution in [3.05, 3.63) is 21.3 Å². The molecule has 18 heavy (non-hydrogen) atoms. The molecule has 0 spiro atoms. The summed E-state index contributed by atoms with van der Waals surface area (Å²) in [7, 11) is 1.87. The van der Waals surface area contributed by atoms with Crippen LogP contribution in [0, 0.1) is 5.92 Å². The fraction of sp³-hybridized carbons (Fsp3) is 0.583. The first kappa shape index (κ1) is 15.8. The SMILES string of the molecule is CN(Cc1ccc(Cl)s1)C(=O)[C@@H]1CCCNC1.Cl. The maximum atomic E-state index is 12.2. The molecule has 1 N–H and O–H groups in total. The topological polar surface area (TPSA) is 32.3 Å². The lowest BCUT2D eigenvalue weighted by molar-refractivity contribution is -0.135. The summed E-state index contributed by atoms with van der Waals surface area (Å²) in [6.07, 6.45) is 2.09. The van der Waals surface area contributed by atoms with Crippen LogP contribution < -0.4 is 5.32 Å². The predicted octanol–water partition coefficient (Wildman–Crippen LogP) is 2.78. The second kappa shape index (κ2) is 7.34. The summed E-state index contributed by atoms with van der Waals surface area (Å²) in [5.74, 6) is 0.380. The number of carbonyl (C=O) groups excluding carboxylic acids is 1. The lowest BCUT2D eigenvalue weighted by atomic mass is 9.98. The lowest BCUT2D eigenvalue weighted by Gasteiger charge is -2.26. The highest BCUT2D eigenvalue weighted by Crippen LogP contribution is 2.23. The van der Waals surface area contributed by atoms with E-state index >= 15 is 0 Å². The van der Waals surface area contributed by atoms with Crippen molar-refractivity contribution in [3.8, 4) is 0 Å². The Balaban J connectivity index is 0.00000162. The van der Waals surface area contributed by atoms with Gasteiger partial charge in [0.05, 0.1) is 16.8 Å². The number of carbonyl (C=O) groups is 1. The van der Waals surface area contributed by atoms with Crippen LogP contribution in [0.25, 0.3) is 0 Å². The first-order valence-electron chi connectivity index (χ1n) is 5.86. The van der Waals surface area contributed by atoms with Crippen LogP contribution in [0.3, 0.4) is 0 Å². The van der Waals surface area contributed by atoms with Crippen LogP contribution in [0.15, 0.2) is 12.1 Å². The highest BCUT2D eigenvalue weighted by atomic mass is 35.5. The monoisotopic (exact) mass is 308 g/mol. The van der Waals surface area contributed by atoms with Gasteiger partial charge in [0.25, 0.3) is 0 Å². The van der Waals surface area contributed by atoms with Gasteiger partial charge in [0.15, 0.2) is 0 Å². The van der Waals surface area contributed by atoms with Gasteiger partial charge < -0.3 is 10.2 Å². The van der Waals surface area contributed by atoms with Gasteiger partial charge in [0.2, 0.25) is 5.91 Å².